The van der Waals surface area contributed by atoms with Crippen LogP contribution in [0.15, 0.2) is 16.7 Å². The van der Waals surface area contributed by atoms with Crippen molar-refractivity contribution in [3.05, 3.63) is 16.7 Å². The number of aromatic nitrogens is 1. The van der Waals surface area contributed by atoms with E-state index in [2.05, 4.69) is 44.6 Å². The number of fused-ring (bicyclic) bond motifs is 3. The number of pyridine rings is 1. The van der Waals surface area contributed by atoms with Gasteiger partial charge in [-0.15, -0.1) is 0 Å². The Morgan fingerprint density at radius 3 is 2.86 bits per heavy atom. The zero-order valence-corrected chi connectivity index (χ0v) is 14.3. The van der Waals surface area contributed by atoms with Crippen LogP contribution in [0.25, 0.3) is 0 Å². The van der Waals surface area contributed by atoms with Gasteiger partial charge in [-0.25, -0.2) is 4.98 Å². The minimum Gasteiger partial charge on any atom is -0.340 e. The van der Waals surface area contributed by atoms with E-state index >= 15 is 0 Å². The third-order valence-corrected chi connectivity index (χ3v) is 4.82. The lowest BCUT2D eigenvalue weighted by Gasteiger charge is -2.48. The van der Waals surface area contributed by atoms with E-state index in [4.69, 9.17) is 0 Å². The van der Waals surface area contributed by atoms with Crippen molar-refractivity contribution < 1.29 is 4.79 Å². The fraction of sp³-hybridized carbons (Fsp3) is 0.600. The molecule has 1 saturated heterocycles. The van der Waals surface area contributed by atoms with Gasteiger partial charge in [0.15, 0.2) is 5.82 Å². The monoisotopic (exact) mass is 352 g/mol. The second-order valence-corrected chi connectivity index (χ2v) is 6.79. The average Bonchev–Trinajstić information content (AvgIpc) is 2.47. The highest BCUT2D eigenvalue weighted by molar-refractivity contribution is 9.10. The van der Waals surface area contributed by atoms with Gasteiger partial charge in [0.05, 0.1) is 5.69 Å². The first-order valence-electron chi connectivity index (χ1n) is 7.50. The SMILES string of the molecule is CCN1C(=O)[C@H]2CN(C(C)C)CCN2c2ncc(Br)cc21. The zero-order chi connectivity index (χ0) is 15.1. The van der Waals surface area contributed by atoms with Crippen molar-refractivity contribution in [1.29, 1.82) is 0 Å². The van der Waals surface area contributed by atoms with Crippen LogP contribution in [0.5, 0.6) is 0 Å². The molecular weight excluding hydrogens is 332 g/mol. The molecular formula is C15H21BrN4O. The first kappa shape index (κ1) is 14.8. The molecule has 0 N–H and O–H groups in total. The molecule has 1 aromatic rings. The first-order chi connectivity index (χ1) is 10.0. The largest absolute Gasteiger partial charge is 0.340 e. The number of hydrogen-bond donors (Lipinski definition) is 0. The van der Waals surface area contributed by atoms with E-state index in [-0.39, 0.29) is 11.9 Å². The van der Waals surface area contributed by atoms with Crippen molar-refractivity contribution >= 4 is 33.3 Å². The summed E-state index contributed by atoms with van der Waals surface area (Å²) < 4.78 is 0.909. The number of carbonyl (C=O) groups excluding carboxylic acids is 1. The standard InChI is InChI=1S/C15H21BrN4O/c1-4-19-12-7-11(16)8-17-14(12)20-6-5-18(10(2)3)9-13(20)15(19)21/h7-8,10,13H,4-6,9H2,1-3H3/t13-/m1/s1. The molecule has 0 aromatic carbocycles. The Morgan fingerprint density at radius 1 is 1.43 bits per heavy atom. The van der Waals surface area contributed by atoms with E-state index < -0.39 is 0 Å². The van der Waals surface area contributed by atoms with Crippen LogP contribution >= 0.6 is 15.9 Å². The van der Waals surface area contributed by atoms with Gasteiger partial charge < -0.3 is 9.80 Å². The van der Waals surface area contributed by atoms with Crippen molar-refractivity contribution in [2.75, 3.05) is 36.0 Å². The molecule has 1 aromatic heterocycles. The maximum Gasteiger partial charge on any atom is 0.251 e. The molecule has 2 aliphatic rings. The van der Waals surface area contributed by atoms with Crippen molar-refractivity contribution in [2.24, 2.45) is 0 Å². The van der Waals surface area contributed by atoms with E-state index in [1.807, 2.05) is 24.1 Å². The highest BCUT2D eigenvalue weighted by atomic mass is 79.9. The molecule has 1 fully saturated rings. The maximum absolute atomic E-state index is 12.8. The summed E-state index contributed by atoms with van der Waals surface area (Å²) in [6, 6.07) is 2.35. The van der Waals surface area contributed by atoms with Gasteiger partial charge >= 0.3 is 0 Å². The van der Waals surface area contributed by atoms with Gasteiger partial charge in [-0.2, -0.15) is 0 Å². The molecule has 21 heavy (non-hydrogen) atoms. The van der Waals surface area contributed by atoms with Gasteiger partial charge in [0, 0.05) is 42.9 Å². The fourth-order valence-electron chi connectivity index (χ4n) is 3.20. The molecule has 2 aliphatic heterocycles. The highest BCUT2D eigenvalue weighted by Crippen LogP contribution is 2.37. The summed E-state index contributed by atoms with van der Waals surface area (Å²) >= 11 is 3.46. The normalized spacial score (nSPS) is 22.5. The van der Waals surface area contributed by atoms with Crippen LogP contribution in [0.1, 0.15) is 20.8 Å². The third kappa shape index (κ3) is 2.44. The van der Waals surface area contributed by atoms with Crippen LogP contribution in [0.3, 0.4) is 0 Å². The van der Waals surface area contributed by atoms with Gasteiger partial charge in [0.2, 0.25) is 0 Å². The van der Waals surface area contributed by atoms with E-state index in [0.29, 0.717) is 12.6 Å². The second-order valence-electron chi connectivity index (χ2n) is 5.88. The topological polar surface area (TPSA) is 39.7 Å². The number of halogens is 1. The number of hydrogen-bond acceptors (Lipinski definition) is 4. The lowest BCUT2D eigenvalue weighted by Crippen LogP contribution is -2.63. The number of nitrogens with zero attached hydrogens (tertiary/aromatic N) is 4. The molecule has 0 unspecified atom stereocenters. The van der Waals surface area contributed by atoms with Gasteiger partial charge in [-0.1, -0.05) is 0 Å². The molecule has 0 bridgehead atoms. The molecule has 5 nitrogen and oxygen atoms in total. The Kier molecular flexibility index (Phi) is 3.92. The minimum absolute atomic E-state index is 0.109. The van der Waals surface area contributed by atoms with Crippen molar-refractivity contribution in [1.82, 2.24) is 9.88 Å². The van der Waals surface area contributed by atoms with Crippen molar-refractivity contribution in [2.45, 2.75) is 32.9 Å². The van der Waals surface area contributed by atoms with Gasteiger partial charge in [-0.05, 0) is 42.8 Å². The fourth-order valence-corrected chi connectivity index (χ4v) is 3.52. The zero-order valence-electron chi connectivity index (χ0n) is 12.7. The number of piperazine rings is 1. The second kappa shape index (κ2) is 5.57. The molecule has 1 atom stereocenters. The first-order valence-corrected chi connectivity index (χ1v) is 8.29. The van der Waals surface area contributed by atoms with Crippen LogP contribution < -0.4 is 9.80 Å². The average molecular weight is 353 g/mol. The minimum atomic E-state index is -0.109. The summed E-state index contributed by atoms with van der Waals surface area (Å²) in [5.41, 5.74) is 0.922. The molecule has 0 radical (unpaired) electrons. The van der Waals surface area contributed by atoms with Crippen LogP contribution in [-0.2, 0) is 4.79 Å². The predicted molar refractivity (Wildman–Crippen MR) is 87.8 cm³/mol. The Hall–Kier alpha value is -1.14. The Balaban J connectivity index is 2.01. The van der Waals surface area contributed by atoms with Crippen molar-refractivity contribution in [3.63, 3.8) is 0 Å². The quantitative estimate of drug-likeness (QED) is 0.817. The lowest BCUT2D eigenvalue weighted by molar-refractivity contribution is -0.121. The summed E-state index contributed by atoms with van der Waals surface area (Å²) in [4.78, 5) is 23.8. The summed E-state index contributed by atoms with van der Waals surface area (Å²) in [7, 11) is 0. The van der Waals surface area contributed by atoms with E-state index in [1.165, 1.54) is 0 Å². The van der Waals surface area contributed by atoms with Crippen LogP contribution in [0.2, 0.25) is 0 Å². The number of carbonyl (C=O) groups is 1. The van der Waals surface area contributed by atoms with Crippen molar-refractivity contribution in [3.8, 4) is 0 Å². The van der Waals surface area contributed by atoms with Gasteiger partial charge in [0.25, 0.3) is 5.91 Å². The molecule has 0 saturated carbocycles. The van der Waals surface area contributed by atoms with Crippen LogP contribution in [0, 0.1) is 0 Å². The third-order valence-electron chi connectivity index (χ3n) is 4.39. The molecule has 1 amide bonds. The molecule has 6 heteroatoms. The Labute approximate surface area is 134 Å². The smallest absolute Gasteiger partial charge is 0.251 e. The van der Waals surface area contributed by atoms with Crippen LogP contribution in [-0.4, -0.2) is 54.1 Å². The van der Waals surface area contributed by atoms with E-state index in [1.54, 1.807) is 0 Å². The summed E-state index contributed by atoms with van der Waals surface area (Å²) in [6.07, 6.45) is 1.81. The lowest BCUT2D eigenvalue weighted by atomic mass is 10.0. The number of anilines is 2. The van der Waals surface area contributed by atoms with E-state index in [9.17, 15) is 4.79 Å². The molecule has 0 spiro atoms. The summed E-state index contributed by atoms with van der Waals surface area (Å²) in [5, 5.41) is 0. The number of likely N-dealkylation sites (N-methyl/N-ethyl adjacent to an activating group) is 1. The Bertz CT molecular complexity index is 563. The Morgan fingerprint density at radius 2 is 2.19 bits per heavy atom. The van der Waals surface area contributed by atoms with Gasteiger partial charge in [-0.3, -0.25) is 9.69 Å². The predicted octanol–water partition coefficient (Wildman–Crippen LogP) is 2.11. The maximum atomic E-state index is 12.8. The number of rotatable bonds is 2. The highest BCUT2D eigenvalue weighted by Gasteiger charge is 2.42. The summed E-state index contributed by atoms with van der Waals surface area (Å²) in [6.45, 7) is 9.67. The molecule has 3 rings (SSSR count). The molecule has 0 aliphatic carbocycles. The molecule has 3 heterocycles. The van der Waals surface area contributed by atoms with Crippen LogP contribution in [0.4, 0.5) is 11.5 Å². The molecule has 114 valence electrons. The number of amides is 1. The van der Waals surface area contributed by atoms with Gasteiger partial charge in [0.1, 0.15) is 6.04 Å². The van der Waals surface area contributed by atoms with E-state index in [0.717, 1.165) is 35.6 Å². The summed E-state index contributed by atoms with van der Waals surface area (Å²) in [5.74, 6) is 1.13.